The van der Waals surface area contributed by atoms with E-state index < -0.39 is 5.54 Å². The van der Waals surface area contributed by atoms with Gasteiger partial charge in [-0.3, -0.25) is 4.79 Å². The molecular formula is C12H15N5O. The number of nitrogens with two attached hydrogens (primary N) is 1. The second-order valence-corrected chi connectivity index (χ2v) is 4.36. The number of rotatable bonds is 4. The maximum Gasteiger partial charge on any atom is 0.182 e. The number of nitrogens with zero attached hydrogens (tertiary/aromatic N) is 4. The van der Waals surface area contributed by atoms with Crippen LogP contribution in [0.5, 0.6) is 0 Å². The molecule has 1 atom stereocenters. The first-order valence-electron chi connectivity index (χ1n) is 5.61. The lowest BCUT2D eigenvalue weighted by Gasteiger charge is -2.22. The van der Waals surface area contributed by atoms with Gasteiger partial charge in [0.05, 0.1) is 19.0 Å². The number of carbonyl (C=O) groups is 1. The van der Waals surface area contributed by atoms with Crippen molar-refractivity contribution in [2.45, 2.75) is 18.9 Å². The largest absolute Gasteiger partial charge is 0.315 e. The van der Waals surface area contributed by atoms with E-state index in [4.69, 9.17) is 5.73 Å². The van der Waals surface area contributed by atoms with Crippen molar-refractivity contribution in [3.8, 4) is 0 Å². The van der Waals surface area contributed by atoms with E-state index in [1.54, 1.807) is 14.0 Å². The summed E-state index contributed by atoms with van der Waals surface area (Å²) in [4.78, 5) is 13.5. The number of tetrazole rings is 1. The Labute approximate surface area is 105 Å². The lowest BCUT2D eigenvalue weighted by atomic mass is 9.87. The molecule has 1 unspecified atom stereocenters. The fourth-order valence-corrected chi connectivity index (χ4v) is 1.67. The first-order valence-corrected chi connectivity index (χ1v) is 5.61. The van der Waals surface area contributed by atoms with E-state index in [2.05, 4.69) is 15.4 Å². The third-order valence-electron chi connectivity index (χ3n) is 2.82. The summed E-state index contributed by atoms with van der Waals surface area (Å²) < 4.78 is 0. The monoisotopic (exact) mass is 245 g/mol. The van der Waals surface area contributed by atoms with Crippen LogP contribution in [0.1, 0.15) is 18.3 Å². The molecule has 0 fully saturated rings. The maximum atomic E-state index is 12.2. The zero-order valence-electron chi connectivity index (χ0n) is 10.4. The first kappa shape index (κ1) is 12.4. The molecule has 18 heavy (non-hydrogen) atoms. The van der Waals surface area contributed by atoms with E-state index >= 15 is 0 Å². The minimum atomic E-state index is -1.04. The molecule has 0 saturated carbocycles. The van der Waals surface area contributed by atoms with Gasteiger partial charge in [0, 0.05) is 0 Å². The average Bonchev–Trinajstić information content (AvgIpc) is 2.76. The lowest BCUT2D eigenvalue weighted by molar-refractivity contribution is -0.123. The molecule has 0 radical (unpaired) electrons. The minimum absolute atomic E-state index is 0.0791. The lowest BCUT2D eigenvalue weighted by Crippen LogP contribution is -2.43. The number of aryl methyl sites for hydroxylation is 1. The topological polar surface area (TPSA) is 86.7 Å². The molecule has 0 saturated heterocycles. The number of aromatic nitrogens is 4. The van der Waals surface area contributed by atoms with Crippen molar-refractivity contribution >= 4 is 5.78 Å². The summed E-state index contributed by atoms with van der Waals surface area (Å²) in [5.74, 6) is 0.247. The van der Waals surface area contributed by atoms with Gasteiger partial charge >= 0.3 is 0 Å². The SMILES string of the molecule is Cn1nnc(CC(=O)C(C)(N)c2ccccc2)n1. The molecule has 1 heterocycles. The van der Waals surface area contributed by atoms with Crippen LogP contribution in [-0.2, 0) is 23.8 Å². The molecular weight excluding hydrogens is 230 g/mol. The van der Waals surface area contributed by atoms with E-state index in [1.807, 2.05) is 30.3 Å². The number of hydrogen-bond donors (Lipinski definition) is 1. The van der Waals surface area contributed by atoms with Crippen molar-refractivity contribution in [3.63, 3.8) is 0 Å². The Balaban J connectivity index is 2.18. The molecule has 2 aromatic rings. The Kier molecular flexibility index (Phi) is 3.20. The van der Waals surface area contributed by atoms with Crippen LogP contribution < -0.4 is 5.73 Å². The van der Waals surface area contributed by atoms with Gasteiger partial charge in [-0.15, -0.1) is 10.2 Å². The summed E-state index contributed by atoms with van der Waals surface area (Å²) in [5.41, 5.74) is 5.84. The van der Waals surface area contributed by atoms with Crippen LogP contribution in [0.3, 0.4) is 0 Å². The highest BCUT2D eigenvalue weighted by Crippen LogP contribution is 2.19. The molecule has 0 aliphatic heterocycles. The maximum absolute atomic E-state index is 12.2. The van der Waals surface area contributed by atoms with Gasteiger partial charge in [0.15, 0.2) is 11.6 Å². The van der Waals surface area contributed by atoms with Gasteiger partial charge in [0.2, 0.25) is 0 Å². The van der Waals surface area contributed by atoms with Crippen LogP contribution in [0, 0.1) is 0 Å². The standard InChI is InChI=1S/C12H15N5O/c1-12(13,9-6-4-3-5-7-9)10(18)8-11-14-16-17(2)15-11/h3-7H,8,13H2,1-2H3. The molecule has 0 bridgehead atoms. The summed E-state index contributed by atoms with van der Waals surface area (Å²) >= 11 is 0. The van der Waals surface area contributed by atoms with Crippen LogP contribution >= 0.6 is 0 Å². The fourth-order valence-electron chi connectivity index (χ4n) is 1.67. The zero-order chi connectivity index (χ0) is 13.2. The predicted molar refractivity (Wildman–Crippen MR) is 65.5 cm³/mol. The van der Waals surface area contributed by atoms with Gasteiger partial charge in [-0.2, -0.15) is 4.80 Å². The fraction of sp³-hybridized carbons (Fsp3) is 0.333. The summed E-state index contributed by atoms with van der Waals surface area (Å²) in [5, 5.41) is 11.5. The molecule has 6 heteroatoms. The van der Waals surface area contributed by atoms with Gasteiger partial charge in [-0.25, -0.2) is 0 Å². The molecule has 2 N–H and O–H groups in total. The molecule has 0 amide bonds. The van der Waals surface area contributed by atoms with Crippen LogP contribution in [0.25, 0.3) is 0 Å². The van der Waals surface area contributed by atoms with Gasteiger partial charge < -0.3 is 5.73 Å². The Morgan fingerprint density at radius 2 is 2.06 bits per heavy atom. The second kappa shape index (κ2) is 4.66. The predicted octanol–water partition coefficient (Wildman–Crippen LogP) is 0.196. The highest BCUT2D eigenvalue weighted by Gasteiger charge is 2.30. The molecule has 6 nitrogen and oxygen atoms in total. The highest BCUT2D eigenvalue weighted by atomic mass is 16.1. The smallest absolute Gasteiger partial charge is 0.182 e. The second-order valence-electron chi connectivity index (χ2n) is 4.36. The Morgan fingerprint density at radius 3 is 2.61 bits per heavy atom. The van der Waals surface area contributed by atoms with Crippen molar-refractivity contribution < 1.29 is 4.79 Å². The van der Waals surface area contributed by atoms with E-state index in [1.165, 1.54) is 4.80 Å². The quantitative estimate of drug-likeness (QED) is 0.831. The van der Waals surface area contributed by atoms with Gasteiger partial charge in [-0.1, -0.05) is 30.3 Å². The van der Waals surface area contributed by atoms with Crippen molar-refractivity contribution in [2.24, 2.45) is 12.8 Å². The number of Topliss-reactive ketones (excluding diaryl/α,β-unsaturated/α-hetero) is 1. The molecule has 1 aromatic heterocycles. The Bertz CT molecular complexity index is 547. The molecule has 0 aliphatic rings. The normalized spacial score (nSPS) is 14.2. The summed E-state index contributed by atoms with van der Waals surface area (Å²) in [6, 6.07) is 9.26. The van der Waals surface area contributed by atoms with Crippen molar-refractivity contribution in [3.05, 3.63) is 41.7 Å². The van der Waals surface area contributed by atoms with E-state index in [0.29, 0.717) is 5.82 Å². The number of ketones is 1. The van der Waals surface area contributed by atoms with Crippen molar-refractivity contribution in [2.75, 3.05) is 0 Å². The van der Waals surface area contributed by atoms with Crippen LogP contribution in [0.2, 0.25) is 0 Å². The third kappa shape index (κ3) is 2.43. The minimum Gasteiger partial charge on any atom is -0.315 e. The van der Waals surface area contributed by atoms with E-state index in [-0.39, 0.29) is 12.2 Å². The number of hydrogen-bond acceptors (Lipinski definition) is 5. The summed E-state index contributed by atoms with van der Waals surface area (Å²) in [7, 11) is 1.65. The number of carbonyl (C=O) groups excluding carboxylic acids is 1. The van der Waals surface area contributed by atoms with Crippen LogP contribution in [-0.4, -0.2) is 26.0 Å². The van der Waals surface area contributed by atoms with Crippen LogP contribution in [0.4, 0.5) is 0 Å². The van der Waals surface area contributed by atoms with E-state index in [0.717, 1.165) is 5.56 Å². The average molecular weight is 245 g/mol. The Hall–Kier alpha value is -2.08. The molecule has 94 valence electrons. The van der Waals surface area contributed by atoms with E-state index in [9.17, 15) is 4.79 Å². The zero-order valence-corrected chi connectivity index (χ0v) is 10.4. The number of benzene rings is 1. The molecule has 0 aliphatic carbocycles. The van der Waals surface area contributed by atoms with Gasteiger partial charge in [0.1, 0.15) is 0 Å². The first-order chi connectivity index (χ1) is 8.50. The molecule has 2 rings (SSSR count). The van der Waals surface area contributed by atoms with Crippen molar-refractivity contribution in [1.82, 2.24) is 20.2 Å². The molecule has 0 spiro atoms. The summed E-state index contributed by atoms with van der Waals surface area (Å²) in [6.45, 7) is 1.70. The molecule has 1 aromatic carbocycles. The van der Waals surface area contributed by atoms with Gasteiger partial charge in [-0.05, 0) is 17.7 Å². The summed E-state index contributed by atoms with van der Waals surface area (Å²) in [6.07, 6.45) is 0.0791. The third-order valence-corrected chi connectivity index (χ3v) is 2.82. The van der Waals surface area contributed by atoms with Gasteiger partial charge in [0.25, 0.3) is 0 Å². The highest BCUT2D eigenvalue weighted by molar-refractivity contribution is 5.90. The van der Waals surface area contributed by atoms with Crippen LogP contribution in [0.15, 0.2) is 30.3 Å². The van der Waals surface area contributed by atoms with Crippen molar-refractivity contribution in [1.29, 1.82) is 0 Å². The Morgan fingerprint density at radius 1 is 1.39 bits per heavy atom.